The van der Waals surface area contributed by atoms with Crippen molar-refractivity contribution in [2.24, 2.45) is 0 Å². The molecule has 0 bridgehead atoms. The Morgan fingerprint density at radius 3 is 2.65 bits per heavy atom. The normalized spacial score (nSPS) is 16.4. The maximum absolute atomic E-state index is 13.3. The van der Waals surface area contributed by atoms with Gasteiger partial charge in [-0.25, -0.2) is 14.4 Å². The molecule has 1 aliphatic rings. The summed E-state index contributed by atoms with van der Waals surface area (Å²) < 4.78 is 13.3. The molecular weight excluding hydrogens is 257 g/mol. The zero-order valence-corrected chi connectivity index (χ0v) is 11.3. The lowest BCUT2D eigenvalue weighted by Crippen LogP contribution is -2.45. The van der Waals surface area contributed by atoms with Gasteiger partial charge in [0.2, 0.25) is 5.95 Å². The average molecular weight is 273 g/mol. The zero-order valence-electron chi connectivity index (χ0n) is 11.3. The number of piperazine rings is 1. The third-order valence-corrected chi connectivity index (χ3v) is 3.43. The van der Waals surface area contributed by atoms with Crippen molar-refractivity contribution in [2.75, 3.05) is 38.1 Å². The van der Waals surface area contributed by atoms with Gasteiger partial charge in [0.25, 0.3) is 0 Å². The number of rotatable bonds is 2. The Labute approximate surface area is 117 Å². The monoisotopic (exact) mass is 273 g/mol. The van der Waals surface area contributed by atoms with Gasteiger partial charge in [0, 0.05) is 31.7 Å². The third kappa shape index (κ3) is 2.75. The number of hydrogen-bond donors (Lipinski definition) is 0. The van der Waals surface area contributed by atoms with E-state index in [-0.39, 0.29) is 5.82 Å². The molecule has 2 aromatic rings. The Morgan fingerprint density at radius 1 is 1.10 bits per heavy atom. The van der Waals surface area contributed by atoms with Crippen LogP contribution in [0.25, 0.3) is 11.4 Å². The molecule has 0 spiro atoms. The van der Waals surface area contributed by atoms with Gasteiger partial charge >= 0.3 is 0 Å². The van der Waals surface area contributed by atoms with Crippen LogP contribution in [0, 0.1) is 5.82 Å². The lowest BCUT2D eigenvalue weighted by Gasteiger charge is -2.32. The van der Waals surface area contributed by atoms with E-state index in [4.69, 9.17) is 0 Å². The third-order valence-electron chi connectivity index (χ3n) is 3.43. The van der Waals surface area contributed by atoms with Crippen LogP contribution in [0.2, 0.25) is 0 Å². The topological polar surface area (TPSA) is 45.2 Å². The molecule has 5 nitrogen and oxygen atoms in total. The van der Waals surface area contributed by atoms with Crippen molar-refractivity contribution in [2.45, 2.75) is 0 Å². The van der Waals surface area contributed by atoms with Gasteiger partial charge < -0.3 is 9.80 Å². The molecule has 1 aromatic heterocycles. The first-order valence-corrected chi connectivity index (χ1v) is 6.61. The van der Waals surface area contributed by atoms with E-state index in [0.717, 1.165) is 26.2 Å². The summed E-state index contributed by atoms with van der Waals surface area (Å²) in [7, 11) is 2.10. The number of nitrogens with zero attached hydrogens (tertiary/aromatic N) is 5. The van der Waals surface area contributed by atoms with Gasteiger partial charge in [0.15, 0.2) is 5.82 Å². The molecule has 0 amide bonds. The Hall–Kier alpha value is -2.08. The summed E-state index contributed by atoms with van der Waals surface area (Å²) in [5.74, 6) is 0.879. The molecule has 20 heavy (non-hydrogen) atoms. The van der Waals surface area contributed by atoms with E-state index < -0.39 is 0 Å². The van der Waals surface area contributed by atoms with Crippen LogP contribution >= 0.6 is 0 Å². The molecular formula is C14H16FN5. The number of anilines is 1. The summed E-state index contributed by atoms with van der Waals surface area (Å²) in [6.45, 7) is 3.76. The molecule has 0 radical (unpaired) electrons. The minimum absolute atomic E-state index is 0.288. The van der Waals surface area contributed by atoms with E-state index in [9.17, 15) is 4.39 Å². The van der Waals surface area contributed by atoms with Crippen molar-refractivity contribution in [3.8, 4) is 11.4 Å². The zero-order chi connectivity index (χ0) is 13.9. The molecule has 3 rings (SSSR count). The quantitative estimate of drug-likeness (QED) is 0.828. The molecule has 0 unspecified atom stereocenters. The highest BCUT2D eigenvalue weighted by molar-refractivity contribution is 5.55. The molecule has 0 atom stereocenters. The predicted molar refractivity (Wildman–Crippen MR) is 74.9 cm³/mol. The van der Waals surface area contributed by atoms with E-state index in [1.807, 2.05) is 0 Å². The van der Waals surface area contributed by atoms with Gasteiger partial charge in [-0.2, -0.15) is 4.98 Å². The van der Waals surface area contributed by atoms with E-state index in [2.05, 4.69) is 31.8 Å². The van der Waals surface area contributed by atoms with Crippen LogP contribution in [0.1, 0.15) is 0 Å². The Bertz CT molecular complexity index is 596. The minimum Gasteiger partial charge on any atom is -0.338 e. The molecule has 1 fully saturated rings. The average Bonchev–Trinajstić information content (AvgIpc) is 2.48. The van der Waals surface area contributed by atoms with E-state index >= 15 is 0 Å². The Morgan fingerprint density at radius 2 is 1.90 bits per heavy atom. The fourth-order valence-electron chi connectivity index (χ4n) is 2.21. The highest BCUT2D eigenvalue weighted by Gasteiger charge is 2.17. The maximum atomic E-state index is 13.3. The highest BCUT2D eigenvalue weighted by atomic mass is 19.1. The van der Waals surface area contributed by atoms with Crippen molar-refractivity contribution in [3.05, 3.63) is 36.4 Å². The summed E-state index contributed by atoms with van der Waals surface area (Å²) in [6, 6.07) is 6.30. The molecule has 104 valence electrons. The predicted octanol–water partition coefficient (Wildman–Crippen LogP) is 1.43. The van der Waals surface area contributed by atoms with Gasteiger partial charge in [0.05, 0.1) is 0 Å². The van der Waals surface area contributed by atoms with Gasteiger partial charge in [-0.1, -0.05) is 12.1 Å². The number of halogens is 1. The van der Waals surface area contributed by atoms with Gasteiger partial charge in [-0.05, 0) is 19.2 Å². The molecule has 1 aliphatic heterocycles. The summed E-state index contributed by atoms with van der Waals surface area (Å²) in [6.07, 6.45) is 1.49. The molecule has 0 N–H and O–H groups in total. The maximum Gasteiger partial charge on any atom is 0.228 e. The van der Waals surface area contributed by atoms with Crippen LogP contribution < -0.4 is 4.90 Å². The van der Waals surface area contributed by atoms with Crippen molar-refractivity contribution in [1.29, 1.82) is 0 Å². The second-order valence-electron chi connectivity index (χ2n) is 4.91. The number of hydrogen-bond acceptors (Lipinski definition) is 5. The van der Waals surface area contributed by atoms with Crippen LogP contribution in [0.3, 0.4) is 0 Å². The minimum atomic E-state index is -0.288. The van der Waals surface area contributed by atoms with Crippen molar-refractivity contribution < 1.29 is 4.39 Å². The second-order valence-corrected chi connectivity index (χ2v) is 4.91. The molecule has 0 saturated carbocycles. The lowest BCUT2D eigenvalue weighted by molar-refractivity contribution is 0.311. The van der Waals surface area contributed by atoms with Gasteiger partial charge in [0.1, 0.15) is 12.1 Å². The summed E-state index contributed by atoms with van der Waals surface area (Å²) in [5.41, 5.74) is 0.669. The van der Waals surface area contributed by atoms with Gasteiger partial charge in [-0.3, -0.25) is 0 Å². The second kappa shape index (κ2) is 5.50. The van der Waals surface area contributed by atoms with Crippen LogP contribution in [-0.2, 0) is 0 Å². The van der Waals surface area contributed by atoms with Crippen LogP contribution in [0.5, 0.6) is 0 Å². The largest absolute Gasteiger partial charge is 0.338 e. The van der Waals surface area contributed by atoms with Crippen LogP contribution in [-0.4, -0.2) is 53.1 Å². The van der Waals surface area contributed by atoms with Crippen molar-refractivity contribution >= 4 is 5.95 Å². The lowest BCUT2D eigenvalue weighted by atomic mass is 10.2. The van der Waals surface area contributed by atoms with Crippen molar-refractivity contribution in [3.63, 3.8) is 0 Å². The molecule has 1 saturated heterocycles. The Balaban J connectivity index is 1.86. The van der Waals surface area contributed by atoms with Crippen LogP contribution in [0.15, 0.2) is 30.6 Å². The molecule has 0 aliphatic carbocycles. The van der Waals surface area contributed by atoms with E-state index in [0.29, 0.717) is 17.3 Å². The summed E-state index contributed by atoms with van der Waals surface area (Å²) in [5, 5.41) is 0. The number of likely N-dealkylation sites (N-methyl/N-ethyl adjacent to an activating group) is 1. The highest BCUT2D eigenvalue weighted by Crippen LogP contribution is 2.18. The Kier molecular flexibility index (Phi) is 3.56. The summed E-state index contributed by atoms with van der Waals surface area (Å²) >= 11 is 0. The fraction of sp³-hybridized carbons (Fsp3) is 0.357. The number of aromatic nitrogens is 3. The first kappa shape index (κ1) is 12.9. The SMILES string of the molecule is CN1CCN(c2ncnc(-c3cccc(F)c3)n2)CC1. The smallest absolute Gasteiger partial charge is 0.228 e. The fourth-order valence-corrected chi connectivity index (χ4v) is 2.21. The van der Waals surface area contributed by atoms with E-state index in [1.165, 1.54) is 18.5 Å². The number of benzene rings is 1. The van der Waals surface area contributed by atoms with Crippen LogP contribution in [0.4, 0.5) is 10.3 Å². The first-order chi connectivity index (χ1) is 9.72. The van der Waals surface area contributed by atoms with Gasteiger partial charge in [-0.15, -0.1) is 0 Å². The van der Waals surface area contributed by atoms with E-state index in [1.54, 1.807) is 12.1 Å². The van der Waals surface area contributed by atoms with Crippen molar-refractivity contribution in [1.82, 2.24) is 19.9 Å². The molecule has 2 heterocycles. The first-order valence-electron chi connectivity index (χ1n) is 6.61. The standard InChI is InChI=1S/C14H16FN5/c1-19-5-7-20(8-6-19)14-17-10-16-13(18-14)11-3-2-4-12(15)9-11/h2-4,9-10H,5-8H2,1H3. The molecule has 1 aromatic carbocycles. The summed E-state index contributed by atoms with van der Waals surface area (Å²) in [4.78, 5) is 17.2. The molecule has 6 heteroatoms.